The van der Waals surface area contributed by atoms with E-state index in [4.69, 9.17) is 5.11 Å². The van der Waals surface area contributed by atoms with Crippen LogP contribution in [0.3, 0.4) is 0 Å². The summed E-state index contributed by atoms with van der Waals surface area (Å²) in [5, 5.41) is 18.6. The molecule has 1 aromatic rings. The third-order valence-corrected chi connectivity index (χ3v) is 3.09. The van der Waals surface area contributed by atoms with Crippen molar-refractivity contribution in [3.8, 4) is 0 Å². The van der Waals surface area contributed by atoms with Gasteiger partial charge in [-0.25, -0.2) is 4.79 Å². The van der Waals surface area contributed by atoms with Crippen LogP contribution in [0, 0.1) is 0 Å². The van der Waals surface area contributed by atoms with Crippen molar-refractivity contribution in [2.45, 2.75) is 11.4 Å². The highest BCUT2D eigenvalue weighted by Gasteiger charge is 2.21. The van der Waals surface area contributed by atoms with Crippen LogP contribution in [0.5, 0.6) is 0 Å². The van der Waals surface area contributed by atoms with Crippen molar-refractivity contribution in [2.75, 3.05) is 0 Å². The smallest absolute Gasteiger partial charge is 0.337 e. The third-order valence-electron chi connectivity index (χ3n) is 1.79. The predicted molar refractivity (Wildman–Crippen MR) is 59.4 cm³/mol. The summed E-state index contributed by atoms with van der Waals surface area (Å²) in [6, 6.07) is 5.26. The molecular weight excluding hydrogens is 316 g/mol. The molecule has 1 rings (SSSR count). The summed E-state index contributed by atoms with van der Waals surface area (Å²) in [7, 11) is 0. The van der Waals surface area contributed by atoms with Crippen LogP contribution in [0.1, 0.15) is 17.2 Å². The first-order valence-corrected chi connectivity index (χ1v) is 5.73. The Hall–Kier alpha value is -0.390. The van der Waals surface area contributed by atoms with Crippen molar-refractivity contribution in [3.05, 3.63) is 33.8 Å². The Morgan fingerprint density at radius 1 is 1.50 bits per heavy atom. The molecule has 1 unspecified atom stereocenters. The molecule has 0 bridgehead atoms. The molecule has 0 saturated carbocycles. The summed E-state index contributed by atoms with van der Waals surface area (Å²) in [6.45, 7) is 0. The fourth-order valence-electron chi connectivity index (χ4n) is 1.13. The summed E-state index contributed by atoms with van der Waals surface area (Å²) in [5.41, 5.74) is 1.16. The molecule has 0 heterocycles. The van der Waals surface area contributed by atoms with Crippen molar-refractivity contribution >= 4 is 37.8 Å². The molecule has 1 atom stereocenters. The van der Waals surface area contributed by atoms with E-state index >= 15 is 0 Å². The number of carboxylic acid groups (broad SMARTS) is 1. The van der Waals surface area contributed by atoms with Crippen LogP contribution in [0.2, 0.25) is 0 Å². The highest BCUT2D eigenvalue weighted by molar-refractivity contribution is 9.10. The predicted octanol–water partition coefficient (Wildman–Crippen LogP) is 2.46. The van der Waals surface area contributed by atoms with E-state index in [-0.39, 0.29) is 0 Å². The van der Waals surface area contributed by atoms with E-state index in [1.807, 2.05) is 0 Å². The average Bonchev–Trinajstić information content (AvgIpc) is 2.16. The molecule has 76 valence electrons. The number of halogens is 2. The summed E-state index contributed by atoms with van der Waals surface area (Å²) in [6.07, 6.45) is -1.49. The number of benzene rings is 1. The Kier molecular flexibility index (Phi) is 4.10. The van der Waals surface area contributed by atoms with Crippen LogP contribution in [0.4, 0.5) is 0 Å². The zero-order chi connectivity index (χ0) is 10.7. The molecule has 1 aromatic carbocycles. The van der Waals surface area contributed by atoms with Gasteiger partial charge in [0.2, 0.25) is 0 Å². The minimum Gasteiger partial charge on any atom is -0.479 e. The fourth-order valence-corrected chi connectivity index (χ4v) is 2.24. The number of hydrogen-bond acceptors (Lipinski definition) is 2. The molecule has 0 amide bonds. The minimum absolute atomic E-state index is 0.400. The summed E-state index contributed by atoms with van der Waals surface area (Å²) in [4.78, 5) is 10.6. The van der Waals surface area contributed by atoms with Crippen molar-refractivity contribution in [2.24, 2.45) is 0 Å². The first-order chi connectivity index (χ1) is 6.57. The van der Waals surface area contributed by atoms with E-state index in [0.29, 0.717) is 15.4 Å². The number of hydrogen-bond donors (Lipinski definition) is 2. The zero-order valence-electron chi connectivity index (χ0n) is 7.08. The number of aliphatic carboxylic acids is 1. The van der Waals surface area contributed by atoms with E-state index < -0.39 is 12.1 Å². The second kappa shape index (κ2) is 4.91. The molecule has 0 aliphatic heterocycles. The molecule has 0 radical (unpaired) electrons. The van der Waals surface area contributed by atoms with Gasteiger partial charge < -0.3 is 10.2 Å². The third kappa shape index (κ3) is 2.34. The van der Waals surface area contributed by atoms with Gasteiger partial charge >= 0.3 is 5.97 Å². The van der Waals surface area contributed by atoms with Crippen LogP contribution in [-0.2, 0) is 10.1 Å². The molecule has 5 heteroatoms. The first-order valence-electron chi connectivity index (χ1n) is 3.82. The van der Waals surface area contributed by atoms with Crippen LogP contribution in [-0.4, -0.2) is 16.2 Å². The van der Waals surface area contributed by atoms with Crippen molar-refractivity contribution in [1.82, 2.24) is 0 Å². The first kappa shape index (κ1) is 11.7. The minimum atomic E-state index is -1.49. The molecule has 3 nitrogen and oxygen atoms in total. The monoisotopic (exact) mass is 322 g/mol. The molecule has 0 saturated heterocycles. The lowest BCUT2D eigenvalue weighted by Gasteiger charge is -2.12. The topological polar surface area (TPSA) is 57.5 Å². The maximum absolute atomic E-state index is 10.6. The largest absolute Gasteiger partial charge is 0.479 e. The van der Waals surface area contributed by atoms with Gasteiger partial charge in [0, 0.05) is 15.4 Å². The summed E-state index contributed by atoms with van der Waals surface area (Å²) >= 11 is 6.45. The highest BCUT2D eigenvalue weighted by Crippen LogP contribution is 2.28. The quantitative estimate of drug-likeness (QED) is 0.840. The second-order valence-corrected chi connectivity index (χ2v) is 4.10. The van der Waals surface area contributed by atoms with Gasteiger partial charge in [0.25, 0.3) is 0 Å². The maximum Gasteiger partial charge on any atom is 0.337 e. The van der Waals surface area contributed by atoms with Gasteiger partial charge in [-0.05, 0) is 11.6 Å². The lowest BCUT2D eigenvalue weighted by Crippen LogP contribution is -2.13. The average molecular weight is 324 g/mol. The van der Waals surface area contributed by atoms with Gasteiger partial charge in [-0.1, -0.05) is 44.0 Å². The Bertz CT molecular complexity index is 352. The summed E-state index contributed by atoms with van der Waals surface area (Å²) < 4.78 is 0.601. The van der Waals surface area contributed by atoms with Gasteiger partial charge in [0.15, 0.2) is 6.10 Å². The van der Waals surface area contributed by atoms with E-state index in [1.165, 1.54) is 0 Å². The Labute approximate surface area is 98.0 Å². The molecule has 0 aliphatic rings. The Morgan fingerprint density at radius 2 is 2.14 bits per heavy atom. The van der Waals surface area contributed by atoms with Gasteiger partial charge in [0.1, 0.15) is 0 Å². The lowest BCUT2D eigenvalue weighted by atomic mass is 10.0. The zero-order valence-corrected chi connectivity index (χ0v) is 10.2. The van der Waals surface area contributed by atoms with Crippen LogP contribution >= 0.6 is 31.9 Å². The van der Waals surface area contributed by atoms with Crippen molar-refractivity contribution in [1.29, 1.82) is 0 Å². The van der Waals surface area contributed by atoms with E-state index in [1.54, 1.807) is 18.2 Å². The number of carbonyl (C=O) groups is 1. The normalized spacial score (nSPS) is 12.5. The molecule has 0 aromatic heterocycles. The Morgan fingerprint density at radius 3 is 2.64 bits per heavy atom. The van der Waals surface area contributed by atoms with Crippen molar-refractivity contribution in [3.63, 3.8) is 0 Å². The lowest BCUT2D eigenvalue weighted by molar-refractivity contribution is -0.147. The van der Waals surface area contributed by atoms with E-state index in [2.05, 4.69) is 31.9 Å². The number of aliphatic hydroxyl groups is 1. The number of aliphatic hydroxyl groups excluding tert-OH is 1. The van der Waals surface area contributed by atoms with Gasteiger partial charge in [-0.2, -0.15) is 0 Å². The number of carboxylic acids is 1. The maximum atomic E-state index is 10.6. The summed E-state index contributed by atoms with van der Waals surface area (Å²) in [5.74, 6) is -1.25. The number of alkyl halides is 1. The van der Waals surface area contributed by atoms with Crippen LogP contribution < -0.4 is 0 Å². The van der Waals surface area contributed by atoms with Gasteiger partial charge in [-0.3, -0.25) is 0 Å². The van der Waals surface area contributed by atoms with Crippen molar-refractivity contribution < 1.29 is 15.0 Å². The second-order valence-electron chi connectivity index (χ2n) is 2.69. The molecule has 0 fully saturated rings. The molecule has 0 aliphatic carbocycles. The standard InChI is InChI=1S/C9H8Br2O3/c10-4-5-2-1-3-6(11)7(5)8(12)9(13)14/h1-3,8,12H,4H2,(H,13,14). The number of rotatable bonds is 3. The van der Waals surface area contributed by atoms with Gasteiger partial charge in [0.05, 0.1) is 0 Å². The van der Waals surface area contributed by atoms with E-state index in [9.17, 15) is 9.90 Å². The SMILES string of the molecule is O=C(O)C(O)c1c(Br)cccc1CBr. The fraction of sp³-hybridized carbons (Fsp3) is 0.222. The molecular formula is C9H8Br2O3. The Balaban J connectivity index is 3.23. The highest BCUT2D eigenvalue weighted by atomic mass is 79.9. The molecule has 2 N–H and O–H groups in total. The van der Waals surface area contributed by atoms with E-state index in [0.717, 1.165) is 5.56 Å². The van der Waals surface area contributed by atoms with Crippen LogP contribution in [0.25, 0.3) is 0 Å². The van der Waals surface area contributed by atoms with Gasteiger partial charge in [-0.15, -0.1) is 0 Å². The molecule has 0 spiro atoms. The van der Waals surface area contributed by atoms with Crippen LogP contribution in [0.15, 0.2) is 22.7 Å². The molecule has 14 heavy (non-hydrogen) atoms.